The van der Waals surface area contributed by atoms with E-state index < -0.39 is 12.1 Å². The van der Waals surface area contributed by atoms with Crippen LogP contribution in [0.25, 0.3) is 6.08 Å². The summed E-state index contributed by atoms with van der Waals surface area (Å²) in [7, 11) is 1.55. The third-order valence-electron chi connectivity index (χ3n) is 4.02. The molecule has 2 aliphatic rings. The van der Waals surface area contributed by atoms with Gasteiger partial charge in [0.1, 0.15) is 13.2 Å². The van der Waals surface area contributed by atoms with Crippen LogP contribution in [0.2, 0.25) is 0 Å². The normalized spacial score (nSPS) is 20.0. The third kappa shape index (κ3) is 3.69. The fourth-order valence-corrected chi connectivity index (χ4v) is 2.81. The van der Waals surface area contributed by atoms with Crippen molar-refractivity contribution in [3.63, 3.8) is 0 Å². The summed E-state index contributed by atoms with van der Waals surface area (Å²) in [5.74, 6) is 1.17. The number of hydrogen-bond donors (Lipinski definition) is 0. The number of hydrogen-bond acceptors (Lipinski definition) is 6. The lowest BCUT2D eigenvalue weighted by Gasteiger charge is -2.21. The van der Waals surface area contributed by atoms with Crippen molar-refractivity contribution in [3.8, 4) is 17.2 Å². The smallest absolute Gasteiger partial charge is 0.331 e. The molecule has 1 aliphatic heterocycles. The summed E-state index contributed by atoms with van der Waals surface area (Å²) >= 11 is 0. The Bertz CT molecular complexity index is 646. The minimum absolute atomic E-state index is 0.00370. The van der Waals surface area contributed by atoms with Crippen LogP contribution in [0.4, 0.5) is 0 Å². The molecule has 0 aromatic heterocycles. The Morgan fingerprint density at radius 2 is 2.08 bits per heavy atom. The van der Waals surface area contributed by atoms with Crippen LogP contribution < -0.4 is 14.2 Å². The number of Topliss-reactive ketones (excluding diaryl/α,β-unsaturated/α-hetero) is 1. The van der Waals surface area contributed by atoms with E-state index in [0.29, 0.717) is 43.3 Å². The number of fused-ring (bicyclic) bond motifs is 1. The van der Waals surface area contributed by atoms with E-state index in [1.807, 2.05) is 0 Å². The molecule has 0 saturated heterocycles. The molecule has 1 aromatic carbocycles. The molecule has 1 aromatic rings. The fourth-order valence-electron chi connectivity index (χ4n) is 2.81. The molecule has 6 nitrogen and oxygen atoms in total. The van der Waals surface area contributed by atoms with E-state index in [-0.39, 0.29) is 5.78 Å². The van der Waals surface area contributed by atoms with E-state index >= 15 is 0 Å². The van der Waals surface area contributed by atoms with Crippen molar-refractivity contribution in [1.29, 1.82) is 0 Å². The van der Waals surface area contributed by atoms with Gasteiger partial charge in [-0.15, -0.1) is 0 Å². The van der Waals surface area contributed by atoms with Crippen LogP contribution in [-0.4, -0.2) is 38.2 Å². The van der Waals surface area contributed by atoms with Gasteiger partial charge in [0.2, 0.25) is 5.75 Å². The number of rotatable bonds is 4. The zero-order valence-electron chi connectivity index (χ0n) is 13.6. The highest BCUT2D eigenvalue weighted by Gasteiger charge is 2.25. The van der Waals surface area contributed by atoms with Crippen molar-refractivity contribution < 1.29 is 28.5 Å². The number of esters is 1. The molecule has 1 heterocycles. The molecule has 1 fully saturated rings. The van der Waals surface area contributed by atoms with E-state index in [2.05, 4.69) is 0 Å². The lowest BCUT2D eigenvalue weighted by molar-refractivity contribution is -0.152. The lowest BCUT2D eigenvalue weighted by Crippen LogP contribution is -2.29. The van der Waals surface area contributed by atoms with E-state index in [9.17, 15) is 9.59 Å². The van der Waals surface area contributed by atoms with Crippen LogP contribution in [0, 0.1) is 0 Å². The molecule has 128 valence electrons. The molecule has 0 N–H and O–H groups in total. The zero-order valence-corrected chi connectivity index (χ0v) is 13.6. The summed E-state index contributed by atoms with van der Waals surface area (Å²) < 4.78 is 21.6. The minimum atomic E-state index is -0.606. The Kier molecular flexibility index (Phi) is 5.03. The second-order valence-electron chi connectivity index (χ2n) is 5.72. The Labute approximate surface area is 140 Å². The van der Waals surface area contributed by atoms with Gasteiger partial charge in [-0.3, -0.25) is 4.79 Å². The second-order valence-corrected chi connectivity index (χ2v) is 5.72. The maximum absolute atomic E-state index is 11.9. The first-order valence-electron chi connectivity index (χ1n) is 8.06. The maximum atomic E-state index is 11.9. The predicted molar refractivity (Wildman–Crippen MR) is 86.4 cm³/mol. The first-order valence-corrected chi connectivity index (χ1v) is 8.06. The van der Waals surface area contributed by atoms with Crippen LogP contribution in [0.3, 0.4) is 0 Å². The lowest BCUT2D eigenvalue weighted by atomic mass is 9.96. The highest BCUT2D eigenvalue weighted by Crippen LogP contribution is 2.40. The van der Waals surface area contributed by atoms with Crippen molar-refractivity contribution in [2.45, 2.75) is 31.8 Å². The molecule has 0 radical (unpaired) electrons. The number of ketones is 1. The summed E-state index contributed by atoms with van der Waals surface area (Å²) in [5, 5.41) is 0. The minimum Gasteiger partial charge on any atom is -0.493 e. The summed E-state index contributed by atoms with van der Waals surface area (Å²) in [4.78, 5) is 23.6. The molecule has 0 amide bonds. The zero-order chi connectivity index (χ0) is 16.9. The van der Waals surface area contributed by atoms with E-state index in [0.717, 1.165) is 18.4 Å². The summed E-state index contributed by atoms with van der Waals surface area (Å²) in [6.45, 7) is 0.940. The molecule has 24 heavy (non-hydrogen) atoms. The predicted octanol–water partition coefficient (Wildman–Crippen LogP) is 2.53. The van der Waals surface area contributed by atoms with Crippen molar-refractivity contribution in [2.75, 3.05) is 20.3 Å². The fraction of sp³-hybridized carbons (Fsp3) is 0.444. The van der Waals surface area contributed by atoms with Crippen LogP contribution in [-0.2, 0) is 14.3 Å². The standard InChI is InChI=1S/C18H20O6/c1-21-15-10-12(11-16-18(15)23-9-8-22-16)6-7-17(20)24-14-5-3-2-4-13(14)19/h6-7,10-11,14H,2-5,8-9H2,1H3/b7-6+/t14-/m1/s1. The highest BCUT2D eigenvalue weighted by molar-refractivity contribution is 5.91. The van der Waals surface area contributed by atoms with Gasteiger partial charge in [0, 0.05) is 12.5 Å². The largest absolute Gasteiger partial charge is 0.493 e. The Morgan fingerprint density at radius 1 is 1.25 bits per heavy atom. The van der Waals surface area contributed by atoms with Crippen LogP contribution in [0.5, 0.6) is 17.2 Å². The van der Waals surface area contributed by atoms with E-state index in [1.54, 1.807) is 25.3 Å². The van der Waals surface area contributed by atoms with Crippen LogP contribution in [0.15, 0.2) is 18.2 Å². The van der Waals surface area contributed by atoms with Crippen molar-refractivity contribution in [1.82, 2.24) is 0 Å². The summed E-state index contributed by atoms with van der Waals surface area (Å²) in [6, 6.07) is 3.52. The van der Waals surface area contributed by atoms with Gasteiger partial charge in [-0.1, -0.05) is 0 Å². The van der Waals surface area contributed by atoms with Crippen molar-refractivity contribution in [3.05, 3.63) is 23.8 Å². The van der Waals surface area contributed by atoms with Gasteiger partial charge in [0.05, 0.1) is 7.11 Å². The van der Waals surface area contributed by atoms with Gasteiger partial charge in [0.25, 0.3) is 0 Å². The number of ether oxygens (including phenoxy) is 4. The number of carbonyl (C=O) groups is 2. The van der Waals surface area contributed by atoms with Gasteiger partial charge < -0.3 is 18.9 Å². The van der Waals surface area contributed by atoms with Crippen LogP contribution in [0.1, 0.15) is 31.2 Å². The molecule has 3 rings (SSSR count). The molecule has 0 unspecified atom stereocenters. The Morgan fingerprint density at radius 3 is 2.88 bits per heavy atom. The maximum Gasteiger partial charge on any atom is 0.331 e. The van der Waals surface area contributed by atoms with Gasteiger partial charge >= 0.3 is 5.97 Å². The first-order chi connectivity index (χ1) is 11.7. The quantitative estimate of drug-likeness (QED) is 0.623. The Hall–Kier alpha value is -2.50. The van der Waals surface area contributed by atoms with Crippen LogP contribution >= 0.6 is 0 Å². The summed E-state index contributed by atoms with van der Waals surface area (Å²) in [6.07, 6.45) is 5.19. The topological polar surface area (TPSA) is 71.1 Å². The number of benzene rings is 1. The molecule has 0 bridgehead atoms. The van der Waals surface area contributed by atoms with E-state index in [1.165, 1.54) is 6.08 Å². The molecule has 1 atom stereocenters. The average Bonchev–Trinajstić information content (AvgIpc) is 2.61. The van der Waals surface area contributed by atoms with Crippen molar-refractivity contribution >= 4 is 17.8 Å². The molecule has 1 aliphatic carbocycles. The molecular weight excluding hydrogens is 312 g/mol. The third-order valence-corrected chi connectivity index (χ3v) is 4.02. The molecule has 0 spiro atoms. The number of methoxy groups -OCH3 is 1. The molecular formula is C18H20O6. The van der Waals surface area contributed by atoms with Gasteiger partial charge in [0.15, 0.2) is 23.4 Å². The number of carbonyl (C=O) groups excluding carboxylic acids is 2. The monoisotopic (exact) mass is 332 g/mol. The van der Waals surface area contributed by atoms with Gasteiger partial charge in [-0.05, 0) is 43.0 Å². The van der Waals surface area contributed by atoms with E-state index in [4.69, 9.17) is 18.9 Å². The van der Waals surface area contributed by atoms with Gasteiger partial charge in [-0.2, -0.15) is 0 Å². The van der Waals surface area contributed by atoms with Crippen molar-refractivity contribution in [2.24, 2.45) is 0 Å². The highest BCUT2D eigenvalue weighted by atomic mass is 16.6. The molecule has 1 saturated carbocycles. The summed E-state index contributed by atoms with van der Waals surface area (Å²) in [5.41, 5.74) is 0.725. The first kappa shape index (κ1) is 16.4. The molecule has 6 heteroatoms. The SMILES string of the molecule is COc1cc(/C=C/C(=O)O[C@@H]2CCCCC2=O)cc2c1OCCO2. The Balaban J connectivity index is 1.69. The second kappa shape index (κ2) is 7.38. The average molecular weight is 332 g/mol. The van der Waals surface area contributed by atoms with Gasteiger partial charge in [-0.25, -0.2) is 4.79 Å².